The lowest BCUT2D eigenvalue weighted by molar-refractivity contribution is -0.0300. The van der Waals surface area contributed by atoms with E-state index in [2.05, 4.69) is 5.32 Å². The Bertz CT molecular complexity index is 487. The highest BCUT2D eigenvalue weighted by Gasteiger charge is 2.34. The first-order chi connectivity index (χ1) is 8.41. The molecule has 1 aromatic carbocycles. The molecular weight excluding hydrogens is 242 g/mol. The minimum Gasteiger partial charge on any atom is -0.396 e. The van der Waals surface area contributed by atoms with Crippen molar-refractivity contribution in [3.05, 3.63) is 29.3 Å². The number of nitrogens with two attached hydrogens (primary N) is 1. The number of benzene rings is 1. The summed E-state index contributed by atoms with van der Waals surface area (Å²) in [6.07, 6.45) is 2.13. The topological polar surface area (TPSA) is 75.4 Å². The Morgan fingerprint density at radius 1 is 1.39 bits per heavy atom. The van der Waals surface area contributed by atoms with Crippen molar-refractivity contribution < 1.29 is 18.7 Å². The molecule has 98 valence electrons. The van der Waals surface area contributed by atoms with Gasteiger partial charge in [0.05, 0.1) is 16.9 Å². The van der Waals surface area contributed by atoms with E-state index >= 15 is 0 Å². The van der Waals surface area contributed by atoms with E-state index in [1.807, 2.05) is 0 Å². The average Bonchev–Trinajstić information content (AvgIpc) is 2.28. The van der Waals surface area contributed by atoms with Crippen LogP contribution in [0.5, 0.6) is 0 Å². The molecule has 1 saturated carbocycles. The van der Waals surface area contributed by atoms with Crippen molar-refractivity contribution in [1.29, 1.82) is 0 Å². The molecule has 0 heterocycles. The maximum atomic E-state index is 13.4. The minimum atomic E-state index is -0.972. The number of nitrogens with one attached hydrogen (secondary N) is 1. The molecule has 0 bridgehead atoms. The van der Waals surface area contributed by atoms with Crippen LogP contribution in [0.4, 0.5) is 14.5 Å². The third-order valence-electron chi connectivity index (χ3n) is 3.19. The first-order valence-corrected chi connectivity index (χ1v) is 5.66. The number of hydrogen-bond donors (Lipinski definition) is 3. The van der Waals surface area contributed by atoms with Gasteiger partial charge in [0.1, 0.15) is 11.6 Å². The maximum Gasteiger partial charge on any atom is 0.254 e. The molecule has 0 aromatic heterocycles. The Morgan fingerprint density at radius 2 is 2.06 bits per heavy atom. The van der Waals surface area contributed by atoms with E-state index in [1.165, 1.54) is 0 Å². The van der Waals surface area contributed by atoms with Crippen molar-refractivity contribution in [1.82, 2.24) is 5.32 Å². The first-order valence-electron chi connectivity index (χ1n) is 5.66. The second kappa shape index (κ2) is 4.53. The molecule has 0 aliphatic heterocycles. The van der Waals surface area contributed by atoms with Crippen LogP contribution >= 0.6 is 0 Å². The molecule has 2 rings (SSSR count). The van der Waals surface area contributed by atoms with Gasteiger partial charge in [0.25, 0.3) is 5.91 Å². The Labute approximate surface area is 103 Å². The van der Waals surface area contributed by atoms with Crippen LogP contribution in [0.15, 0.2) is 12.1 Å². The molecule has 4 N–H and O–H groups in total. The van der Waals surface area contributed by atoms with Gasteiger partial charge in [-0.1, -0.05) is 0 Å². The number of nitrogen functional groups attached to an aromatic ring is 1. The van der Waals surface area contributed by atoms with Gasteiger partial charge in [-0.15, -0.1) is 0 Å². The van der Waals surface area contributed by atoms with Gasteiger partial charge in [-0.05, 0) is 25.3 Å². The summed E-state index contributed by atoms with van der Waals surface area (Å²) in [5.41, 5.74) is 3.77. The monoisotopic (exact) mass is 256 g/mol. The van der Waals surface area contributed by atoms with Gasteiger partial charge in [0, 0.05) is 12.6 Å². The van der Waals surface area contributed by atoms with E-state index in [-0.39, 0.29) is 17.8 Å². The molecule has 0 radical (unpaired) electrons. The van der Waals surface area contributed by atoms with Crippen LogP contribution in [0.1, 0.15) is 29.6 Å². The number of rotatable bonds is 3. The second-order valence-electron chi connectivity index (χ2n) is 4.61. The highest BCUT2D eigenvalue weighted by Crippen LogP contribution is 2.30. The van der Waals surface area contributed by atoms with Crippen LogP contribution in [-0.2, 0) is 0 Å². The summed E-state index contributed by atoms with van der Waals surface area (Å²) >= 11 is 0. The molecule has 1 fully saturated rings. The van der Waals surface area contributed by atoms with Crippen molar-refractivity contribution >= 4 is 11.6 Å². The summed E-state index contributed by atoms with van der Waals surface area (Å²) in [4.78, 5) is 11.7. The number of carbonyl (C=O) groups is 1. The minimum absolute atomic E-state index is 0.0581. The van der Waals surface area contributed by atoms with Crippen LogP contribution in [0.3, 0.4) is 0 Å². The normalized spacial score (nSPS) is 17.1. The van der Waals surface area contributed by atoms with Crippen LogP contribution in [-0.4, -0.2) is 23.2 Å². The Kier molecular flexibility index (Phi) is 3.21. The van der Waals surface area contributed by atoms with Gasteiger partial charge in [-0.2, -0.15) is 0 Å². The van der Waals surface area contributed by atoms with Crippen molar-refractivity contribution in [3.63, 3.8) is 0 Å². The van der Waals surface area contributed by atoms with Crippen molar-refractivity contribution in [2.24, 2.45) is 0 Å². The third kappa shape index (κ3) is 2.43. The van der Waals surface area contributed by atoms with Crippen LogP contribution in [0.25, 0.3) is 0 Å². The predicted octanol–water partition coefficient (Wildman–Crippen LogP) is 1.19. The fourth-order valence-corrected chi connectivity index (χ4v) is 1.84. The van der Waals surface area contributed by atoms with Gasteiger partial charge < -0.3 is 16.2 Å². The van der Waals surface area contributed by atoms with Crippen LogP contribution in [0.2, 0.25) is 0 Å². The Hall–Kier alpha value is -1.69. The average molecular weight is 256 g/mol. The zero-order chi connectivity index (χ0) is 13.3. The van der Waals surface area contributed by atoms with E-state index in [1.54, 1.807) is 0 Å². The van der Waals surface area contributed by atoms with Gasteiger partial charge in [-0.3, -0.25) is 4.79 Å². The predicted molar refractivity (Wildman–Crippen MR) is 61.9 cm³/mol. The van der Waals surface area contributed by atoms with Gasteiger partial charge >= 0.3 is 0 Å². The van der Waals surface area contributed by atoms with Gasteiger partial charge in [0.15, 0.2) is 0 Å². The van der Waals surface area contributed by atoms with E-state index in [9.17, 15) is 18.7 Å². The van der Waals surface area contributed by atoms with E-state index in [0.29, 0.717) is 18.9 Å². The number of hydrogen-bond acceptors (Lipinski definition) is 3. The van der Waals surface area contributed by atoms with Crippen molar-refractivity contribution in [2.75, 3.05) is 12.3 Å². The quantitative estimate of drug-likeness (QED) is 0.711. The van der Waals surface area contributed by atoms with E-state index < -0.39 is 23.1 Å². The lowest BCUT2D eigenvalue weighted by Crippen LogP contribution is -2.47. The summed E-state index contributed by atoms with van der Waals surface area (Å²) in [5, 5.41) is 12.2. The molecule has 0 spiro atoms. The standard InChI is InChI=1S/C12H14F2N2O2/c13-8-5-9(14)10(15)4-7(8)11(17)16-6-12(18)2-1-3-12/h4-5,18H,1-3,6,15H2,(H,16,17). The molecule has 0 saturated heterocycles. The summed E-state index contributed by atoms with van der Waals surface area (Å²) in [7, 11) is 0. The molecular formula is C12H14F2N2O2. The van der Waals surface area contributed by atoms with Crippen molar-refractivity contribution in [3.8, 4) is 0 Å². The van der Waals surface area contributed by atoms with Crippen molar-refractivity contribution in [2.45, 2.75) is 24.9 Å². The number of aliphatic hydroxyl groups is 1. The zero-order valence-corrected chi connectivity index (χ0v) is 9.67. The fraction of sp³-hybridized carbons (Fsp3) is 0.417. The molecule has 0 unspecified atom stereocenters. The fourth-order valence-electron chi connectivity index (χ4n) is 1.84. The molecule has 1 amide bonds. The van der Waals surface area contributed by atoms with Gasteiger partial charge in [0.2, 0.25) is 0 Å². The Morgan fingerprint density at radius 3 is 2.61 bits per heavy atom. The first kappa shape index (κ1) is 12.8. The number of anilines is 1. The molecule has 1 aliphatic carbocycles. The summed E-state index contributed by atoms with van der Waals surface area (Å²) in [5.74, 6) is -2.58. The largest absolute Gasteiger partial charge is 0.396 e. The summed E-state index contributed by atoms with van der Waals surface area (Å²) in [6.45, 7) is 0.0581. The smallest absolute Gasteiger partial charge is 0.254 e. The van der Waals surface area contributed by atoms with E-state index in [4.69, 9.17) is 5.73 Å². The molecule has 6 heteroatoms. The molecule has 4 nitrogen and oxygen atoms in total. The SMILES string of the molecule is Nc1cc(C(=O)NCC2(O)CCC2)c(F)cc1F. The van der Waals surface area contributed by atoms with Gasteiger partial charge in [-0.25, -0.2) is 8.78 Å². The second-order valence-corrected chi connectivity index (χ2v) is 4.61. The number of amides is 1. The van der Waals surface area contributed by atoms with Crippen LogP contribution in [0, 0.1) is 11.6 Å². The number of halogens is 2. The third-order valence-corrected chi connectivity index (χ3v) is 3.19. The molecule has 18 heavy (non-hydrogen) atoms. The maximum absolute atomic E-state index is 13.4. The van der Waals surface area contributed by atoms with Crippen LogP contribution < -0.4 is 11.1 Å². The molecule has 0 atom stereocenters. The summed E-state index contributed by atoms with van der Waals surface area (Å²) < 4.78 is 26.3. The molecule has 1 aromatic rings. The summed E-state index contributed by atoms with van der Waals surface area (Å²) in [6, 6.07) is 1.52. The van der Waals surface area contributed by atoms with E-state index in [0.717, 1.165) is 12.5 Å². The number of carbonyl (C=O) groups excluding carboxylic acids is 1. The lowest BCUT2D eigenvalue weighted by atomic mass is 9.80. The highest BCUT2D eigenvalue weighted by atomic mass is 19.1. The highest BCUT2D eigenvalue weighted by molar-refractivity contribution is 5.95. The molecule has 1 aliphatic rings. The zero-order valence-electron chi connectivity index (χ0n) is 9.67. The lowest BCUT2D eigenvalue weighted by Gasteiger charge is -2.36. The Balaban J connectivity index is 2.06.